The van der Waals surface area contributed by atoms with Gasteiger partial charge in [-0.15, -0.1) is 0 Å². The zero-order valence-electron chi connectivity index (χ0n) is 27.0. The number of benzene rings is 1. The molecule has 9 nitrogen and oxygen atoms in total. The molecule has 234 valence electrons. The third-order valence-electron chi connectivity index (χ3n) is 9.51. The average molecular weight is 597 g/mol. The molecule has 2 aliphatic carbocycles. The highest BCUT2D eigenvalue weighted by Crippen LogP contribution is 2.41. The Kier molecular flexibility index (Phi) is 8.93. The second-order valence-corrected chi connectivity index (χ2v) is 13.0. The standard InChI is InChI=1S/C35H48N8O/c1-7-24-17-23(2)38-31(18-24)30-21-37-42(6)34(30)44-16-8-9-26(25-10-11-25)22-43-33-15-13-28(20-32(33)40-35(43)36-3)39-27-12-14-29(19-27)41(4)5/h7,13,15,17-18,20-21,25-27,29,39H,1,8-12,14,16,19,22H2,2-6H3,(H,36,40). The molecule has 0 saturated heterocycles. The lowest BCUT2D eigenvalue weighted by Gasteiger charge is -2.20. The fraction of sp³-hybridized carbons (Fsp3) is 0.514. The summed E-state index contributed by atoms with van der Waals surface area (Å²) in [5.74, 6) is 3.06. The van der Waals surface area contributed by atoms with Crippen LogP contribution in [0.5, 0.6) is 5.88 Å². The maximum Gasteiger partial charge on any atom is 0.221 e. The van der Waals surface area contributed by atoms with Crippen molar-refractivity contribution < 1.29 is 4.74 Å². The molecule has 3 unspecified atom stereocenters. The quantitative estimate of drug-likeness (QED) is 0.159. The van der Waals surface area contributed by atoms with Gasteiger partial charge in [-0.2, -0.15) is 5.10 Å². The van der Waals surface area contributed by atoms with Crippen LogP contribution in [-0.2, 0) is 13.6 Å². The molecule has 0 spiro atoms. The van der Waals surface area contributed by atoms with Crippen molar-refractivity contribution in [2.45, 2.75) is 70.5 Å². The Bertz CT molecular complexity index is 1600. The minimum absolute atomic E-state index is 0.521. The lowest BCUT2D eigenvalue weighted by Crippen LogP contribution is -2.26. The van der Waals surface area contributed by atoms with Crippen LogP contribution in [0.3, 0.4) is 0 Å². The van der Waals surface area contributed by atoms with Crippen molar-refractivity contribution in [1.82, 2.24) is 29.2 Å². The summed E-state index contributed by atoms with van der Waals surface area (Å²) in [6.45, 7) is 7.53. The third-order valence-corrected chi connectivity index (χ3v) is 9.51. The summed E-state index contributed by atoms with van der Waals surface area (Å²) in [4.78, 5) is 12.1. The van der Waals surface area contributed by atoms with Crippen LogP contribution in [0.25, 0.3) is 28.4 Å². The first-order valence-electron chi connectivity index (χ1n) is 16.2. The highest BCUT2D eigenvalue weighted by atomic mass is 16.5. The SMILES string of the molecule is C=Cc1cc(C)nc(-c2cnn(C)c2OCCCC(Cn2c(NC)nc3cc(NC4CCC(N(C)C)C4)ccc32)C2CC2)c1. The van der Waals surface area contributed by atoms with Crippen molar-refractivity contribution >= 4 is 28.7 Å². The van der Waals surface area contributed by atoms with E-state index in [0.717, 1.165) is 65.2 Å². The molecule has 6 rings (SSSR count). The maximum absolute atomic E-state index is 6.36. The van der Waals surface area contributed by atoms with E-state index in [1.54, 1.807) is 4.68 Å². The fourth-order valence-corrected chi connectivity index (χ4v) is 6.91. The summed E-state index contributed by atoms with van der Waals surface area (Å²) in [6.07, 6.45) is 12.1. The number of nitrogens with one attached hydrogen (secondary N) is 2. The predicted molar refractivity (Wildman–Crippen MR) is 180 cm³/mol. The second-order valence-electron chi connectivity index (χ2n) is 13.0. The van der Waals surface area contributed by atoms with Crippen LogP contribution in [0.4, 0.5) is 11.6 Å². The lowest BCUT2D eigenvalue weighted by atomic mass is 9.97. The van der Waals surface area contributed by atoms with Crippen molar-refractivity contribution in [3.8, 4) is 17.1 Å². The summed E-state index contributed by atoms with van der Waals surface area (Å²) in [7, 11) is 8.28. The number of fused-ring (bicyclic) bond motifs is 1. The molecule has 0 amide bonds. The van der Waals surface area contributed by atoms with E-state index in [-0.39, 0.29) is 0 Å². The van der Waals surface area contributed by atoms with E-state index in [2.05, 4.69) is 64.1 Å². The average Bonchev–Trinajstić information content (AvgIpc) is 3.48. The van der Waals surface area contributed by atoms with Crippen LogP contribution in [0.15, 0.2) is 43.1 Å². The van der Waals surface area contributed by atoms with Gasteiger partial charge in [0.1, 0.15) is 0 Å². The van der Waals surface area contributed by atoms with Gasteiger partial charge in [0.25, 0.3) is 0 Å². The van der Waals surface area contributed by atoms with Crippen LogP contribution >= 0.6 is 0 Å². The van der Waals surface area contributed by atoms with E-state index in [9.17, 15) is 0 Å². The number of rotatable bonds is 14. The Balaban J connectivity index is 1.10. The largest absolute Gasteiger partial charge is 0.477 e. The number of ether oxygens (including phenoxy) is 1. The molecule has 1 aromatic carbocycles. The zero-order valence-corrected chi connectivity index (χ0v) is 27.0. The molecule has 4 aromatic rings. The van der Waals surface area contributed by atoms with Crippen LogP contribution in [0.1, 0.15) is 56.2 Å². The van der Waals surface area contributed by atoms with Gasteiger partial charge in [-0.25, -0.2) is 9.67 Å². The van der Waals surface area contributed by atoms with Crippen molar-refractivity contribution in [3.63, 3.8) is 0 Å². The molecule has 2 N–H and O–H groups in total. The highest BCUT2D eigenvalue weighted by molar-refractivity contribution is 5.82. The minimum atomic E-state index is 0.521. The Morgan fingerprint density at radius 1 is 1.14 bits per heavy atom. The number of aryl methyl sites for hydroxylation is 2. The molecule has 9 heteroatoms. The fourth-order valence-electron chi connectivity index (χ4n) is 6.91. The van der Waals surface area contributed by atoms with Crippen LogP contribution in [0.2, 0.25) is 0 Å². The van der Waals surface area contributed by atoms with Crippen LogP contribution < -0.4 is 15.4 Å². The monoisotopic (exact) mass is 596 g/mol. The van der Waals surface area contributed by atoms with Crippen LogP contribution in [0, 0.1) is 18.8 Å². The number of pyridine rings is 1. The van der Waals surface area contributed by atoms with E-state index in [1.165, 1.54) is 43.3 Å². The molecule has 44 heavy (non-hydrogen) atoms. The number of hydrogen-bond donors (Lipinski definition) is 2. The first-order chi connectivity index (χ1) is 21.3. The summed E-state index contributed by atoms with van der Waals surface area (Å²) < 4.78 is 10.6. The number of hydrogen-bond acceptors (Lipinski definition) is 7. The second kappa shape index (κ2) is 13.0. The normalized spacial score (nSPS) is 19.0. The summed E-state index contributed by atoms with van der Waals surface area (Å²) >= 11 is 0. The molecule has 3 aromatic heterocycles. The third kappa shape index (κ3) is 6.62. The van der Waals surface area contributed by atoms with E-state index in [4.69, 9.17) is 14.7 Å². The number of imidazole rings is 1. The van der Waals surface area contributed by atoms with Gasteiger partial charge < -0.3 is 24.8 Å². The minimum Gasteiger partial charge on any atom is -0.477 e. The maximum atomic E-state index is 6.36. The van der Waals surface area contributed by atoms with Crippen molar-refractivity contribution in [1.29, 1.82) is 0 Å². The molecular formula is C35H48N8O. The van der Waals surface area contributed by atoms with Gasteiger partial charge in [-0.05, 0) is 114 Å². The van der Waals surface area contributed by atoms with Gasteiger partial charge in [0.2, 0.25) is 11.8 Å². The number of nitrogens with zero attached hydrogens (tertiary/aromatic N) is 6. The highest BCUT2D eigenvalue weighted by Gasteiger charge is 2.32. The molecule has 0 radical (unpaired) electrons. The van der Waals surface area contributed by atoms with Crippen molar-refractivity contribution in [3.05, 3.63) is 54.4 Å². The summed E-state index contributed by atoms with van der Waals surface area (Å²) in [5, 5.41) is 11.6. The summed E-state index contributed by atoms with van der Waals surface area (Å²) in [5.41, 5.74) is 7.19. The molecule has 0 aliphatic heterocycles. The van der Waals surface area contributed by atoms with Gasteiger partial charge in [0, 0.05) is 44.1 Å². The van der Waals surface area contributed by atoms with Gasteiger partial charge in [0.05, 0.1) is 35.1 Å². The Morgan fingerprint density at radius 3 is 2.70 bits per heavy atom. The molecule has 2 fully saturated rings. The topological polar surface area (TPSA) is 85.1 Å². The predicted octanol–water partition coefficient (Wildman–Crippen LogP) is 6.60. The molecule has 3 heterocycles. The van der Waals surface area contributed by atoms with E-state index in [1.807, 2.05) is 45.4 Å². The first-order valence-corrected chi connectivity index (χ1v) is 16.2. The van der Waals surface area contributed by atoms with E-state index in [0.29, 0.717) is 24.6 Å². The Morgan fingerprint density at radius 2 is 1.98 bits per heavy atom. The van der Waals surface area contributed by atoms with Crippen molar-refractivity contribution in [2.75, 3.05) is 38.4 Å². The Labute approximate surface area is 261 Å². The molecule has 2 aliphatic rings. The molecule has 3 atom stereocenters. The summed E-state index contributed by atoms with van der Waals surface area (Å²) in [6, 6.07) is 12.0. The van der Waals surface area contributed by atoms with Gasteiger partial charge >= 0.3 is 0 Å². The Hall–Kier alpha value is -3.85. The lowest BCUT2D eigenvalue weighted by molar-refractivity contribution is 0.259. The number of aromatic nitrogens is 5. The molecule has 2 saturated carbocycles. The molecular weight excluding hydrogens is 548 g/mol. The molecule has 0 bridgehead atoms. The van der Waals surface area contributed by atoms with Gasteiger partial charge in [-0.1, -0.05) is 12.7 Å². The van der Waals surface area contributed by atoms with Crippen LogP contribution in [-0.4, -0.2) is 69.0 Å². The first kappa shape index (κ1) is 30.2. The van der Waals surface area contributed by atoms with Gasteiger partial charge in [-0.3, -0.25) is 4.98 Å². The van der Waals surface area contributed by atoms with Crippen molar-refractivity contribution in [2.24, 2.45) is 18.9 Å². The smallest absolute Gasteiger partial charge is 0.221 e. The van der Waals surface area contributed by atoms with Gasteiger partial charge in [0.15, 0.2) is 0 Å². The van der Waals surface area contributed by atoms with E-state index < -0.39 is 0 Å². The zero-order chi connectivity index (χ0) is 30.8. The van der Waals surface area contributed by atoms with E-state index >= 15 is 0 Å². The number of anilines is 2.